The molecular formula is C17H16Cl2N2O5. The number of nitro groups is 1. The molecule has 0 spiro atoms. The summed E-state index contributed by atoms with van der Waals surface area (Å²) in [6.07, 6.45) is 0.447. The fourth-order valence-electron chi connectivity index (χ4n) is 2.33. The standard InChI is InChI=1S/C17H16Cl2N2O5/c1-25-15-8-12(14(21(23)24)9-16(15)26-2)17(22)20-6-5-10-3-4-11(18)7-13(10)19/h3-4,7-9H,5-6H2,1-2H3,(H,20,22). The molecule has 0 saturated carbocycles. The van der Waals surface area contributed by atoms with Crippen LogP contribution in [-0.2, 0) is 6.42 Å². The first-order chi connectivity index (χ1) is 12.4. The fraction of sp³-hybridized carbons (Fsp3) is 0.235. The lowest BCUT2D eigenvalue weighted by atomic mass is 10.1. The first-order valence-electron chi connectivity index (χ1n) is 7.50. The van der Waals surface area contributed by atoms with Gasteiger partial charge in [-0.05, 0) is 24.1 Å². The van der Waals surface area contributed by atoms with Gasteiger partial charge in [-0.25, -0.2) is 0 Å². The summed E-state index contributed by atoms with van der Waals surface area (Å²) in [4.78, 5) is 23.0. The Morgan fingerprint density at radius 1 is 1.15 bits per heavy atom. The lowest BCUT2D eigenvalue weighted by molar-refractivity contribution is -0.385. The van der Waals surface area contributed by atoms with Gasteiger partial charge in [-0.3, -0.25) is 14.9 Å². The second kappa shape index (κ2) is 8.73. The molecule has 0 unspecified atom stereocenters. The zero-order valence-corrected chi connectivity index (χ0v) is 15.6. The van der Waals surface area contributed by atoms with Crippen molar-refractivity contribution >= 4 is 34.8 Å². The third-order valence-electron chi connectivity index (χ3n) is 3.64. The molecule has 0 atom stereocenters. The van der Waals surface area contributed by atoms with E-state index in [9.17, 15) is 14.9 Å². The molecule has 0 heterocycles. The van der Waals surface area contributed by atoms with Crippen molar-refractivity contribution in [3.63, 3.8) is 0 Å². The zero-order valence-electron chi connectivity index (χ0n) is 14.0. The highest BCUT2D eigenvalue weighted by molar-refractivity contribution is 6.35. The van der Waals surface area contributed by atoms with E-state index >= 15 is 0 Å². The molecule has 0 fully saturated rings. The van der Waals surface area contributed by atoms with Gasteiger partial charge >= 0.3 is 0 Å². The monoisotopic (exact) mass is 398 g/mol. The summed E-state index contributed by atoms with van der Waals surface area (Å²) < 4.78 is 10.1. The van der Waals surface area contributed by atoms with Crippen LogP contribution in [-0.4, -0.2) is 31.6 Å². The minimum absolute atomic E-state index is 0.116. The average molecular weight is 399 g/mol. The second-order valence-corrected chi connectivity index (χ2v) is 6.07. The van der Waals surface area contributed by atoms with Gasteiger partial charge in [0.2, 0.25) is 0 Å². The fourth-order valence-corrected chi connectivity index (χ4v) is 2.83. The van der Waals surface area contributed by atoms with E-state index in [4.69, 9.17) is 32.7 Å². The Balaban J connectivity index is 2.16. The number of benzene rings is 2. The summed E-state index contributed by atoms with van der Waals surface area (Å²) in [7, 11) is 2.74. The number of rotatable bonds is 7. The predicted octanol–water partition coefficient (Wildman–Crippen LogP) is 3.89. The number of amides is 1. The molecule has 9 heteroatoms. The van der Waals surface area contributed by atoms with Crippen molar-refractivity contribution in [1.82, 2.24) is 5.32 Å². The number of methoxy groups -OCH3 is 2. The van der Waals surface area contributed by atoms with Crippen LogP contribution in [0.25, 0.3) is 0 Å². The minimum atomic E-state index is -0.646. The van der Waals surface area contributed by atoms with Crippen molar-refractivity contribution in [3.8, 4) is 11.5 Å². The van der Waals surface area contributed by atoms with Crippen LogP contribution in [0.2, 0.25) is 10.0 Å². The van der Waals surface area contributed by atoms with Crippen molar-refractivity contribution in [2.24, 2.45) is 0 Å². The highest BCUT2D eigenvalue weighted by Crippen LogP contribution is 2.34. The van der Waals surface area contributed by atoms with Crippen LogP contribution in [0.4, 0.5) is 5.69 Å². The highest BCUT2D eigenvalue weighted by atomic mass is 35.5. The zero-order chi connectivity index (χ0) is 19.3. The molecule has 0 radical (unpaired) electrons. The minimum Gasteiger partial charge on any atom is -0.493 e. The number of nitrogens with zero attached hydrogens (tertiary/aromatic N) is 1. The maximum Gasteiger partial charge on any atom is 0.286 e. The summed E-state index contributed by atoms with van der Waals surface area (Å²) in [6, 6.07) is 7.50. The lowest BCUT2D eigenvalue weighted by Gasteiger charge is -2.11. The number of hydrogen-bond acceptors (Lipinski definition) is 5. The molecule has 0 saturated heterocycles. The van der Waals surface area contributed by atoms with Gasteiger partial charge in [0, 0.05) is 22.7 Å². The predicted molar refractivity (Wildman–Crippen MR) is 98.7 cm³/mol. The summed E-state index contributed by atoms with van der Waals surface area (Å²) >= 11 is 11.9. The van der Waals surface area contributed by atoms with Gasteiger partial charge in [-0.2, -0.15) is 0 Å². The molecule has 1 amide bonds. The van der Waals surface area contributed by atoms with E-state index in [1.807, 2.05) is 0 Å². The van der Waals surface area contributed by atoms with Crippen molar-refractivity contribution in [1.29, 1.82) is 0 Å². The van der Waals surface area contributed by atoms with E-state index in [0.29, 0.717) is 16.5 Å². The van der Waals surface area contributed by atoms with Crippen LogP contribution in [0.15, 0.2) is 30.3 Å². The molecule has 2 rings (SSSR count). The summed E-state index contributed by atoms with van der Waals surface area (Å²) in [5.74, 6) is -0.199. The van der Waals surface area contributed by atoms with E-state index in [-0.39, 0.29) is 29.3 Å². The largest absolute Gasteiger partial charge is 0.493 e. The summed E-state index contributed by atoms with van der Waals surface area (Å²) in [6.45, 7) is 0.242. The molecule has 0 aliphatic rings. The molecule has 2 aromatic carbocycles. The van der Waals surface area contributed by atoms with Gasteiger partial charge in [0.05, 0.1) is 25.2 Å². The van der Waals surface area contributed by atoms with Crippen molar-refractivity contribution in [2.75, 3.05) is 20.8 Å². The van der Waals surface area contributed by atoms with Crippen LogP contribution in [0.5, 0.6) is 11.5 Å². The van der Waals surface area contributed by atoms with Crippen LogP contribution in [0.1, 0.15) is 15.9 Å². The normalized spacial score (nSPS) is 10.3. The van der Waals surface area contributed by atoms with Crippen molar-refractivity contribution < 1.29 is 19.2 Å². The molecule has 138 valence electrons. The maximum absolute atomic E-state index is 12.4. The van der Waals surface area contributed by atoms with Crippen LogP contribution in [0, 0.1) is 10.1 Å². The highest BCUT2D eigenvalue weighted by Gasteiger charge is 2.24. The number of nitro benzene ring substituents is 1. The van der Waals surface area contributed by atoms with Crippen LogP contribution in [0.3, 0.4) is 0 Å². The summed E-state index contributed by atoms with van der Waals surface area (Å²) in [5, 5.41) is 14.9. The molecule has 26 heavy (non-hydrogen) atoms. The number of halogens is 2. The average Bonchev–Trinajstić information content (AvgIpc) is 2.62. The number of carbonyl (C=O) groups is 1. The number of ether oxygens (including phenoxy) is 2. The Kier molecular flexibility index (Phi) is 6.65. The van der Waals surface area contributed by atoms with Crippen molar-refractivity contribution in [3.05, 3.63) is 61.6 Å². The van der Waals surface area contributed by atoms with Gasteiger partial charge in [0.1, 0.15) is 5.56 Å². The van der Waals surface area contributed by atoms with Crippen molar-refractivity contribution in [2.45, 2.75) is 6.42 Å². The Morgan fingerprint density at radius 2 is 1.81 bits per heavy atom. The Hall–Kier alpha value is -2.51. The van der Waals surface area contributed by atoms with Gasteiger partial charge in [0.15, 0.2) is 11.5 Å². The van der Waals surface area contributed by atoms with E-state index in [1.54, 1.807) is 18.2 Å². The quantitative estimate of drug-likeness (QED) is 0.564. The third kappa shape index (κ3) is 4.56. The number of carbonyl (C=O) groups excluding carboxylic acids is 1. The van der Waals surface area contributed by atoms with E-state index in [2.05, 4.69) is 5.32 Å². The number of nitrogens with one attached hydrogen (secondary N) is 1. The molecule has 0 aromatic heterocycles. The molecule has 0 aliphatic heterocycles. The van der Waals surface area contributed by atoms with E-state index in [0.717, 1.165) is 11.6 Å². The molecule has 2 aromatic rings. The smallest absolute Gasteiger partial charge is 0.286 e. The first-order valence-corrected chi connectivity index (χ1v) is 8.25. The van der Waals surface area contributed by atoms with E-state index < -0.39 is 10.8 Å². The molecule has 0 aliphatic carbocycles. The van der Waals surface area contributed by atoms with E-state index in [1.165, 1.54) is 20.3 Å². The summed E-state index contributed by atoms with van der Waals surface area (Å²) in [5.41, 5.74) is 0.317. The van der Waals surface area contributed by atoms with Crippen LogP contribution >= 0.6 is 23.2 Å². The molecule has 7 nitrogen and oxygen atoms in total. The Bertz CT molecular complexity index is 842. The molecule has 1 N–H and O–H groups in total. The number of hydrogen-bond donors (Lipinski definition) is 1. The lowest BCUT2D eigenvalue weighted by Crippen LogP contribution is -2.26. The molecule has 0 bridgehead atoms. The Morgan fingerprint density at radius 3 is 2.38 bits per heavy atom. The second-order valence-electron chi connectivity index (χ2n) is 5.22. The van der Waals surface area contributed by atoms with Gasteiger partial charge in [-0.1, -0.05) is 29.3 Å². The Labute approximate surface area is 160 Å². The molecular weight excluding hydrogens is 383 g/mol. The topological polar surface area (TPSA) is 90.7 Å². The SMILES string of the molecule is COc1cc(C(=O)NCCc2ccc(Cl)cc2Cl)c([N+](=O)[O-])cc1OC. The first kappa shape index (κ1) is 19.8. The van der Waals surface area contributed by atoms with Gasteiger partial charge in [-0.15, -0.1) is 0 Å². The maximum atomic E-state index is 12.4. The third-order valence-corrected chi connectivity index (χ3v) is 4.23. The van der Waals surface area contributed by atoms with Gasteiger partial charge < -0.3 is 14.8 Å². The van der Waals surface area contributed by atoms with Gasteiger partial charge in [0.25, 0.3) is 11.6 Å². The van der Waals surface area contributed by atoms with Crippen LogP contribution < -0.4 is 14.8 Å².